The minimum atomic E-state index is -0.370. The molecule has 0 saturated carbocycles. The number of benzene rings is 2. The summed E-state index contributed by atoms with van der Waals surface area (Å²) in [7, 11) is 0. The number of hydrogen-bond acceptors (Lipinski definition) is 2. The summed E-state index contributed by atoms with van der Waals surface area (Å²) in [5.74, 6) is 0. The molecule has 4 rings (SSSR count). The second kappa shape index (κ2) is 6.93. The lowest BCUT2D eigenvalue weighted by atomic mass is 10.2. The van der Waals surface area contributed by atoms with Crippen LogP contribution in [0.15, 0.2) is 48.5 Å². The molecule has 4 nitrogen and oxygen atoms in total. The molecule has 2 atom stereocenters. The van der Waals surface area contributed by atoms with Crippen molar-refractivity contribution in [2.45, 2.75) is 31.6 Å². The van der Waals surface area contributed by atoms with Crippen LogP contribution in [0.4, 0.5) is 0 Å². The number of ether oxygens (including phenoxy) is 1. The Morgan fingerprint density at radius 1 is 1.08 bits per heavy atom. The minimum absolute atomic E-state index is 0.366. The van der Waals surface area contributed by atoms with Crippen LogP contribution in [0, 0.1) is 0 Å². The van der Waals surface area contributed by atoms with Gasteiger partial charge < -0.3 is 19.7 Å². The number of nitrogens with zero attached hydrogens (tertiary/aromatic N) is 1. The Labute approximate surface area is 142 Å². The van der Waals surface area contributed by atoms with Crippen LogP contribution in [0.5, 0.6) is 0 Å². The fraction of sp³-hybridized carbons (Fsp3) is 0.400. The van der Waals surface area contributed by atoms with Crippen molar-refractivity contribution in [1.82, 2.24) is 4.57 Å². The normalized spacial score (nSPS) is 19.3. The Morgan fingerprint density at radius 2 is 1.75 bits per heavy atom. The Balaban J connectivity index is 1.50. The van der Waals surface area contributed by atoms with Crippen molar-refractivity contribution >= 4 is 21.8 Å². The molecule has 1 fully saturated rings. The Hall–Kier alpha value is -1.88. The van der Waals surface area contributed by atoms with E-state index in [4.69, 9.17) is 4.74 Å². The Morgan fingerprint density at radius 3 is 2.38 bits per heavy atom. The van der Waals surface area contributed by atoms with Crippen molar-refractivity contribution < 1.29 is 15.2 Å². The molecule has 3 N–H and O–H groups in total. The summed E-state index contributed by atoms with van der Waals surface area (Å²) in [5.41, 5.74) is 2.38. The van der Waals surface area contributed by atoms with Gasteiger partial charge in [0.15, 0.2) is 0 Å². The first-order valence-electron chi connectivity index (χ1n) is 8.90. The maximum absolute atomic E-state index is 10.5. The molecule has 0 unspecified atom stereocenters. The molecule has 4 heteroatoms. The van der Waals surface area contributed by atoms with Gasteiger partial charge in [-0.1, -0.05) is 36.4 Å². The predicted molar refractivity (Wildman–Crippen MR) is 96.1 cm³/mol. The van der Waals surface area contributed by atoms with Gasteiger partial charge in [0.1, 0.15) is 25.3 Å². The van der Waals surface area contributed by atoms with Crippen molar-refractivity contribution in [2.75, 3.05) is 19.7 Å². The Kier molecular flexibility index (Phi) is 4.52. The second-order valence-corrected chi connectivity index (χ2v) is 6.69. The van der Waals surface area contributed by atoms with E-state index >= 15 is 0 Å². The van der Waals surface area contributed by atoms with Gasteiger partial charge >= 0.3 is 0 Å². The third kappa shape index (κ3) is 3.05. The highest BCUT2D eigenvalue weighted by molar-refractivity contribution is 6.07. The zero-order chi connectivity index (χ0) is 16.4. The van der Waals surface area contributed by atoms with Crippen LogP contribution < -0.4 is 5.32 Å². The number of aliphatic hydroxyl groups is 1. The van der Waals surface area contributed by atoms with Crippen molar-refractivity contribution in [3.8, 4) is 0 Å². The molecule has 1 aliphatic rings. The number of para-hydroxylation sites is 2. The van der Waals surface area contributed by atoms with Crippen molar-refractivity contribution in [1.29, 1.82) is 0 Å². The lowest BCUT2D eigenvalue weighted by molar-refractivity contribution is -0.666. The zero-order valence-corrected chi connectivity index (χ0v) is 13.9. The number of fused-ring (bicyclic) bond motifs is 3. The molecule has 126 valence electrons. The van der Waals surface area contributed by atoms with Crippen LogP contribution in [0.1, 0.15) is 12.8 Å². The third-order valence-corrected chi connectivity index (χ3v) is 4.97. The highest BCUT2D eigenvalue weighted by Crippen LogP contribution is 2.28. The maximum Gasteiger partial charge on any atom is 0.121 e. The smallest absolute Gasteiger partial charge is 0.121 e. The molecule has 2 heterocycles. The van der Waals surface area contributed by atoms with Crippen molar-refractivity contribution in [3.63, 3.8) is 0 Å². The summed E-state index contributed by atoms with van der Waals surface area (Å²) in [6.45, 7) is 3.17. The van der Waals surface area contributed by atoms with Gasteiger partial charge in [-0.3, -0.25) is 0 Å². The second-order valence-electron chi connectivity index (χ2n) is 6.69. The zero-order valence-electron chi connectivity index (χ0n) is 13.9. The van der Waals surface area contributed by atoms with E-state index in [1.54, 1.807) is 0 Å². The first-order valence-corrected chi connectivity index (χ1v) is 8.90. The summed E-state index contributed by atoms with van der Waals surface area (Å²) >= 11 is 0. The number of nitrogens with two attached hydrogens (primary N) is 1. The quantitative estimate of drug-likeness (QED) is 0.727. The largest absolute Gasteiger partial charge is 0.385 e. The number of hydrogen-bond donors (Lipinski definition) is 2. The van der Waals surface area contributed by atoms with Gasteiger partial charge in [0.2, 0.25) is 0 Å². The molecule has 1 aliphatic heterocycles. The van der Waals surface area contributed by atoms with Crippen LogP contribution in [0.3, 0.4) is 0 Å². The van der Waals surface area contributed by atoms with Crippen LogP contribution in [-0.2, 0) is 11.3 Å². The molecule has 0 bridgehead atoms. The molecule has 1 saturated heterocycles. The standard InChI is InChI=1S/C20H24N2O2/c23-15(12-21-13-16-6-5-11-24-16)14-22-19-9-3-1-7-17(19)18-8-2-4-10-20(18)22/h1-4,7-10,15-16,21,23H,5-6,11-14H2/p+1/t15-,16-/m0/s1. The van der Waals surface area contributed by atoms with Crippen LogP contribution >= 0.6 is 0 Å². The van der Waals surface area contributed by atoms with Crippen LogP contribution in [0.2, 0.25) is 0 Å². The highest BCUT2D eigenvalue weighted by atomic mass is 16.5. The lowest BCUT2D eigenvalue weighted by Gasteiger charge is -2.14. The van der Waals surface area contributed by atoms with Crippen molar-refractivity contribution in [3.05, 3.63) is 48.5 Å². The van der Waals surface area contributed by atoms with E-state index < -0.39 is 0 Å². The fourth-order valence-corrected chi connectivity index (χ4v) is 3.79. The predicted octanol–water partition coefficient (Wildman–Crippen LogP) is 1.90. The third-order valence-electron chi connectivity index (χ3n) is 4.97. The molecular weight excluding hydrogens is 300 g/mol. The van der Waals surface area contributed by atoms with E-state index in [2.05, 4.69) is 58.4 Å². The monoisotopic (exact) mass is 325 g/mol. The summed E-state index contributed by atoms with van der Waals surface area (Å²) in [5, 5.41) is 15.2. The molecule has 0 spiro atoms. The molecule has 24 heavy (non-hydrogen) atoms. The van der Waals surface area contributed by atoms with E-state index in [0.29, 0.717) is 19.2 Å². The van der Waals surface area contributed by atoms with Gasteiger partial charge in [0.25, 0.3) is 0 Å². The molecular formula is C20H25N2O2+. The van der Waals surface area contributed by atoms with E-state index in [-0.39, 0.29) is 6.10 Å². The first kappa shape index (κ1) is 15.6. The molecule has 0 aliphatic carbocycles. The average Bonchev–Trinajstić information content (AvgIpc) is 3.23. The van der Waals surface area contributed by atoms with E-state index in [1.807, 2.05) is 0 Å². The summed E-state index contributed by atoms with van der Waals surface area (Å²) in [6.07, 6.45) is 2.32. The lowest BCUT2D eigenvalue weighted by Crippen LogP contribution is -2.88. The number of rotatable bonds is 6. The summed E-state index contributed by atoms with van der Waals surface area (Å²) in [4.78, 5) is 0. The van der Waals surface area contributed by atoms with E-state index in [0.717, 1.165) is 19.6 Å². The molecule has 2 aromatic carbocycles. The van der Waals surface area contributed by atoms with Gasteiger partial charge in [0.05, 0.1) is 6.54 Å². The average molecular weight is 325 g/mol. The van der Waals surface area contributed by atoms with Gasteiger partial charge in [0, 0.05) is 28.4 Å². The van der Waals surface area contributed by atoms with Gasteiger partial charge in [-0.15, -0.1) is 0 Å². The highest BCUT2D eigenvalue weighted by Gasteiger charge is 2.18. The minimum Gasteiger partial charge on any atom is -0.385 e. The molecule has 0 radical (unpaired) electrons. The summed E-state index contributed by atoms with van der Waals surface area (Å²) in [6, 6.07) is 16.9. The SMILES string of the molecule is O[C@@H](C[NH2+]C[C@@H]1CCCO1)Cn1c2ccccc2c2ccccc21. The van der Waals surface area contributed by atoms with E-state index in [1.165, 1.54) is 28.2 Å². The molecule has 3 aromatic rings. The Bertz CT molecular complexity index is 767. The van der Waals surface area contributed by atoms with E-state index in [9.17, 15) is 5.11 Å². The fourth-order valence-electron chi connectivity index (χ4n) is 3.79. The van der Waals surface area contributed by atoms with Gasteiger partial charge in [-0.05, 0) is 25.0 Å². The molecule has 0 amide bonds. The summed E-state index contributed by atoms with van der Waals surface area (Å²) < 4.78 is 7.88. The van der Waals surface area contributed by atoms with Gasteiger partial charge in [-0.25, -0.2) is 0 Å². The number of quaternary nitrogens is 1. The maximum atomic E-state index is 10.5. The van der Waals surface area contributed by atoms with Crippen molar-refractivity contribution in [2.24, 2.45) is 0 Å². The van der Waals surface area contributed by atoms with Crippen LogP contribution in [0.25, 0.3) is 21.8 Å². The topological polar surface area (TPSA) is 51.0 Å². The van der Waals surface area contributed by atoms with Crippen LogP contribution in [-0.4, -0.2) is 41.6 Å². The first-order chi connectivity index (χ1) is 11.8. The van der Waals surface area contributed by atoms with Gasteiger partial charge in [-0.2, -0.15) is 0 Å². The molecule has 1 aromatic heterocycles. The number of aromatic nitrogens is 1. The number of aliphatic hydroxyl groups excluding tert-OH is 1.